The first-order valence-corrected chi connectivity index (χ1v) is 9.81. The van der Waals surface area contributed by atoms with Crippen LogP contribution in [0.1, 0.15) is 31.4 Å². The van der Waals surface area contributed by atoms with Crippen molar-refractivity contribution >= 4 is 16.1 Å². The predicted molar refractivity (Wildman–Crippen MR) is 92.1 cm³/mol. The fraction of sp³-hybridized carbons (Fsp3) is 0.588. The van der Waals surface area contributed by atoms with Crippen LogP contribution in [0.4, 0.5) is 0 Å². The first kappa shape index (κ1) is 17.4. The quantitative estimate of drug-likeness (QED) is 0.886. The van der Waals surface area contributed by atoms with E-state index in [2.05, 4.69) is 13.8 Å². The van der Waals surface area contributed by atoms with Gasteiger partial charge in [0.25, 0.3) is 10.2 Å². The second-order valence-corrected chi connectivity index (χ2v) is 9.09. The Hall–Kier alpha value is -1.44. The molecule has 2 heterocycles. The number of carbonyl (C=O) groups is 1. The highest BCUT2D eigenvalue weighted by Gasteiger charge is 2.42. The molecule has 0 bridgehead atoms. The van der Waals surface area contributed by atoms with Crippen molar-refractivity contribution in [3.05, 3.63) is 35.4 Å². The van der Waals surface area contributed by atoms with E-state index < -0.39 is 22.2 Å². The monoisotopic (exact) mass is 351 g/mol. The largest absolute Gasteiger partial charge is 0.368 e. The van der Waals surface area contributed by atoms with E-state index in [1.54, 1.807) is 0 Å². The lowest BCUT2D eigenvalue weighted by molar-refractivity contribution is -0.122. The third-order valence-corrected chi connectivity index (χ3v) is 6.92. The number of carbonyl (C=O) groups excluding carboxylic acids is 1. The molecule has 0 saturated carbocycles. The summed E-state index contributed by atoms with van der Waals surface area (Å²) in [7, 11) is -3.72. The van der Waals surface area contributed by atoms with Crippen LogP contribution in [0.3, 0.4) is 0 Å². The van der Waals surface area contributed by atoms with Crippen molar-refractivity contribution in [2.24, 2.45) is 17.6 Å². The maximum absolute atomic E-state index is 13.2. The summed E-state index contributed by atoms with van der Waals surface area (Å²) in [6.45, 7) is 5.32. The molecule has 0 radical (unpaired) electrons. The van der Waals surface area contributed by atoms with E-state index in [0.717, 1.165) is 17.5 Å². The topological polar surface area (TPSA) is 83.7 Å². The van der Waals surface area contributed by atoms with Crippen molar-refractivity contribution in [2.75, 3.05) is 13.1 Å². The summed E-state index contributed by atoms with van der Waals surface area (Å²) in [6, 6.07) is 6.81. The molecule has 1 saturated heterocycles. The summed E-state index contributed by atoms with van der Waals surface area (Å²) in [5.74, 6) is 0.0337. The molecule has 3 atom stereocenters. The van der Waals surface area contributed by atoms with Crippen molar-refractivity contribution in [2.45, 2.75) is 39.3 Å². The third-order valence-electron chi connectivity index (χ3n) is 4.99. The molecular formula is C17H25N3O3S. The van der Waals surface area contributed by atoms with Gasteiger partial charge >= 0.3 is 0 Å². The van der Waals surface area contributed by atoms with Gasteiger partial charge in [-0.1, -0.05) is 38.1 Å². The Kier molecular flexibility index (Phi) is 4.68. The van der Waals surface area contributed by atoms with Gasteiger partial charge in [0.2, 0.25) is 5.91 Å². The lowest BCUT2D eigenvalue weighted by atomic mass is 9.94. The van der Waals surface area contributed by atoms with Crippen LogP contribution in [0.5, 0.6) is 0 Å². The van der Waals surface area contributed by atoms with Crippen LogP contribution < -0.4 is 5.73 Å². The van der Waals surface area contributed by atoms with Gasteiger partial charge in [0, 0.05) is 19.6 Å². The van der Waals surface area contributed by atoms with E-state index in [0.29, 0.717) is 31.3 Å². The van der Waals surface area contributed by atoms with Crippen LogP contribution in [0.2, 0.25) is 0 Å². The average molecular weight is 351 g/mol. The Labute approximate surface area is 143 Å². The second kappa shape index (κ2) is 6.46. The first-order chi connectivity index (χ1) is 11.3. The first-order valence-electron chi connectivity index (χ1n) is 8.42. The van der Waals surface area contributed by atoms with E-state index in [4.69, 9.17) is 5.73 Å². The third kappa shape index (κ3) is 3.20. The number of primary amides is 1. The Morgan fingerprint density at radius 1 is 1.12 bits per heavy atom. The number of nitrogens with two attached hydrogens (primary N) is 1. The van der Waals surface area contributed by atoms with Gasteiger partial charge < -0.3 is 5.73 Å². The highest BCUT2D eigenvalue weighted by molar-refractivity contribution is 7.86. The molecule has 1 fully saturated rings. The summed E-state index contributed by atoms with van der Waals surface area (Å²) in [5.41, 5.74) is 7.47. The molecule has 1 aromatic rings. The van der Waals surface area contributed by atoms with Crippen LogP contribution in [0.15, 0.2) is 24.3 Å². The highest BCUT2D eigenvalue weighted by Crippen LogP contribution is 2.30. The van der Waals surface area contributed by atoms with Crippen molar-refractivity contribution in [3.8, 4) is 0 Å². The van der Waals surface area contributed by atoms with Crippen LogP contribution in [0, 0.1) is 11.8 Å². The van der Waals surface area contributed by atoms with E-state index in [1.165, 1.54) is 8.61 Å². The van der Waals surface area contributed by atoms with Gasteiger partial charge in [0.1, 0.15) is 6.04 Å². The molecule has 2 aliphatic heterocycles. The molecule has 132 valence electrons. The summed E-state index contributed by atoms with van der Waals surface area (Å²) >= 11 is 0. The molecule has 2 N–H and O–H groups in total. The zero-order valence-electron chi connectivity index (χ0n) is 14.2. The maximum atomic E-state index is 13.2. The van der Waals surface area contributed by atoms with Gasteiger partial charge in [0.15, 0.2) is 0 Å². The molecule has 7 heteroatoms. The minimum atomic E-state index is -3.72. The van der Waals surface area contributed by atoms with Crippen LogP contribution in [0.25, 0.3) is 0 Å². The van der Waals surface area contributed by atoms with Crippen molar-refractivity contribution in [1.82, 2.24) is 8.61 Å². The Balaban J connectivity index is 1.94. The van der Waals surface area contributed by atoms with Crippen molar-refractivity contribution in [1.29, 1.82) is 0 Å². The Morgan fingerprint density at radius 3 is 2.29 bits per heavy atom. The number of hydrogen-bond acceptors (Lipinski definition) is 3. The highest BCUT2D eigenvalue weighted by atomic mass is 32.2. The van der Waals surface area contributed by atoms with Crippen molar-refractivity contribution in [3.63, 3.8) is 0 Å². The molecule has 0 spiro atoms. The Bertz CT molecular complexity index is 724. The van der Waals surface area contributed by atoms with Crippen LogP contribution >= 0.6 is 0 Å². The van der Waals surface area contributed by atoms with Gasteiger partial charge in [-0.15, -0.1) is 0 Å². The van der Waals surface area contributed by atoms with E-state index in [1.807, 2.05) is 24.3 Å². The zero-order chi connectivity index (χ0) is 17.5. The summed E-state index contributed by atoms with van der Waals surface area (Å²) in [6.07, 6.45) is 1.36. The smallest absolute Gasteiger partial charge is 0.283 e. The summed E-state index contributed by atoms with van der Waals surface area (Å²) < 4.78 is 29.2. The predicted octanol–water partition coefficient (Wildman–Crippen LogP) is 1.12. The zero-order valence-corrected chi connectivity index (χ0v) is 15.0. The standard InChI is InChI=1S/C17H25N3O3S/c1-12-7-13(2)10-19(9-12)24(22,23)20-11-15-6-4-3-5-14(15)8-16(20)17(18)21/h3-6,12-13,16H,7-11H2,1-2H3,(H2,18,21)/t12?,13?,16-/m0/s1. The van der Waals surface area contributed by atoms with E-state index in [9.17, 15) is 13.2 Å². The van der Waals surface area contributed by atoms with Gasteiger partial charge in [0.05, 0.1) is 0 Å². The van der Waals surface area contributed by atoms with Gasteiger partial charge in [-0.05, 0) is 35.8 Å². The fourth-order valence-electron chi connectivity index (χ4n) is 3.93. The molecule has 24 heavy (non-hydrogen) atoms. The van der Waals surface area contributed by atoms with E-state index in [-0.39, 0.29) is 6.54 Å². The van der Waals surface area contributed by atoms with Gasteiger partial charge in [-0.2, -0.15) is 17.0 Å². The number of rotatable bonds is 3. The number of nitrogens with zero attached hydrogens (tertiary/aromatic N) is 2. The molecular weight excluding hydrogens is 326 g/mol. The molecule has 2 aliphatic rings. The molecule has 0 aliphatic carbocycles. The number of hydrogen-bond donors (Lipinski definition) is 1. The summed E-state index contributed by atoms with van der Waals surface area (Å²) in [4.78, 5) is 11.9. The van der Waals surface area contributed by atoms with Gasteiger partial charge in [-0.3, -0.25) is 4.79 Å². The number of benzene rings is 1. The SMILES string of the molecule is CC1CC(C)CN(S(=O)(=O)N2Cc3ccccc3C[C@H]2C(N)=O)C1. The van der Waals surface area contributed by atoms with Crippen LogP contribution in [-0.4, -0.2) is 42.1 Å². The minimum Gasteiger partial charge on any atom is -0.368 e. The fourth-order valence-corrected chi connectivity index (χ4v) is 5.91. The normalized spacial score (nSPS) is 29.2. The molecule has 0 aromatic heterocycles. The van der Waals surface area contributed by atoms with E-state index >= 15 is 0 Å². The Morgan fingerprint density at radius 2 is 1.71 bits per heavy atom. The lowest BCUT2D eigenvalue weighted by Gasteiger charge is -2.41. The number of piperidine rings is 1. The lowest BCUT2D eigenvalue weighted by Crippen LogP contribution is -2.57. The molecule has 1 aromatic carbocycles. The summed E-state index contributed by atoms with van der Waals surface area (Å²) in [5, 5.41) is 0. The molecule has 6 nitrogen and oxygen atoms in total. The number of amides is 1. The van der Waals surface area contributed by atoms with Crippen LogP contribution in [-0.2, 0) is 28.0 Å². The molecule has 2 unspecified atom stereocenters. The second-order valence-electron chi connectivity index (χ2n) is 7.21. The molecule has 3 rings (SSSR count). The number of fused-ring (bicyclic) bond motifs is 1. The van der Waals surface area contributed by atoms with Gasteiger partial charge in [-0.25, -0.2) is 0 Å². The van der Waals surface area contributed by atoms with Crippen molar-refractivity contribution < 1.29 is 13.2 Å². The molecule has 1 amide bonds. The average Bonchev–Trinajstić information content (AvgIpc) is 2.52. The maximum Gasteiger partial charge on any atom is 0.283 e. The minimum absolute atomic E-state index is 0.200.